The van der Waals surface area contributed by atoms with Crippen molar-refractivity contribution in [2.75, 3.05) is 0 Å². The lowest BCUT2D eigenvalue weighted by Gasteiger charge is -2.11. The van der Waals surface area contributed by atoms with Crippen LogP contribution in [0.5, 0.6) is 0 Å². The third-order valence-corrected chi connectivity index (χ3v) is 3.41. The molecule has 23 heavy (non-hydrogen) atoms. The minimum Gasteiger partial charge on any atom is -0.337 e. The lowest BCUT2D eigenvalue weighted by Crippen LogP contribution is -2.21. The Hall–Kier alpha value is -3.14. The molecular weight excluding hydrogens is 290 g/mol. The van der Waals surface area contributed by atoms with Crippen molar-refractivity contribution in [2.45, 2.75) is 6.92 Å². The molecule has 114 valence electrons. The van der Waals surface area contributed by atoms with E-state index in [2.05, 4.69) is 0 Å². The second-order valence-electron chi connectivity index (χ2n) is 5.09. The van der Waals surface area contributed by atoms with Crippen LogP contribution >= 0.6 is 0 Å². The minimum atomic E-state index is -0.452. The van der Waals surface area contributed by atoms with Crippen molar-refractivity contribution in [2.24, 2.45) is 0 Å². The van der Waals surface area contributed by atoms with Gasteiger partial charge in [-0.15, -0.1) is 0 Å². The first-order chi connectivity index (χ1) is 11.1. The highest BCUT2D eigenvalue weighted by molar-refractivity contribution is 5.72. The van der Waals surface area contributed by atoms with Gasteiger partial charge in [0, 0.05) is 18.1 Å². The highest BCUT2D eigenvalue weighted by Gasteiger charge is 2.12. The summed E-state index contributed by atoms with van der Waals surface area (Å²) >= 11 is 0. The Morgan fingerprint density at radius 2 is 1.26 bits per heavy atom. The number of hydrogen-bond acceptors (Lipinski definition) is 3. The molecule has 3 aromatic rings. The second-order valence-corrected chi connectivity index (χ2v) is 5.09. The Balaban J connectivity index is 2.24. The highest BCUT2D eigenvalue weighted by Crippen LogP contribution is 2.20. The Labute approximate surface area is 133 Å². The molecule has 0 bridgehead atoms. The van der Waals surface area contributed by atoms with Crippen molar-refractivity contribution >= 4 is 5.97 Å². The summed E-state index contributed by atoms with van der Waals surface area (Å²) in [7, 11) is 0. The fourth-order valence-electron chi connectivity index (χ4n) is 2.40. The highest BCUT2D eigenvalue weighted by atomic mass is 16.7. The number of nitrogens with zero attached hydrogens (tertiary/aromatic N) is 1. The van der Waals surface area contributed by atoms with Crippen LogP contribution in [0, 0.1) is 0 Å². The molecule has 2 aromatic carbocycles. The molecule has 0 spiro atoms. The summed E-state index contributed by atoms with van der Waals surface area (Å²) in [4.78, 5) is 29.3. The normalized spacial score (nSPS) is 10.3. The summed E-state index contributed by atoms with van der Waals surface area (Å²) in [6.45, 7) is 1.32. The summed E-state index contributed by atoms with van der Waals surface area (Å²) in [5.74, 6) is -0.452. The Kier molecular flexibility index (Phi) is 4.06. The Morgan fingerprint density at radius 3 is 1.65 bits per heavy atom. The van der Waals surface area contributed by atoms with Gasteiger partial charge in [0.25, 0.3) is 0 Å². The summed E-state index contributed by atoms with van der Waals surface area (Å²) in [6, 6.07) is 18.6. The third kappa shape index (κ3) is 3.21. The minimum absolute atomic E-state index is 0.106. The largest absolute Gasteiger partial charge is 0.337 e. The number of rotatable bonds is 3. The summed E-state index contributed by atoms with van der Waals surface area (Å²) in [5.41, 5.74) is 2.40. The number of benzene rings is 2. The Bertz CT molecular complexity index is 820. The lowest BCUT2D eigenvalue weighted by atomic mass is 10.0. The van der Waals surface area contributed by atoms with Crippen molar-refractivity contribution in [1.29, 1.82) is 0 Å². The molecule has 0 atom stereocenters. The molecule has 0 aliphatic rings. The number of carbonyl (C=O) groups is 1. The zero-order valence-corrected chi connectivity index (χ0v) is 12.6. The molecular formula is C19H15NO3. The van der Waals surface area contributed by atoms with E-state index in [1.54, 1.807) is 0 Å². The molecule has 0 N–H and O–H groups in total. The maximum absolute atomic E-state index is 12.9. The first kappa shape index (κ1) is 14.8. The van der Waals surface area contributed by atoms with E-state index in [9.17, 15) is 9.59 Å². The van der Waals surface area contributed by atoms with Gasteiger partial charge in [-0.05, 0) is 11.1 Å². The van der Waals surface area contributed by atoms with Gasteiger partial charge < -0.3 is 4.84 Å². The zero-order valence-electron chi connectivity index (χ0n) is 12.6. The quantitative estimate of drug-likeness (QED) is 0.747. The SMILES string of the molecule is CC(=O)On1cc(-c2ccccc2)c(=O)c(-c2ccccc2)c1. The number of aromatic nitrogens is 1. The topological polar surface area (TPSA) is 48.3 Å². The molecule has 3 rings (SSSR count). The van der Waals surface area contributed by atoms with Crippen LogP contribution in [0.15, 0.2) is 77.9 Å². The van der Waals surface area contributed by atoms with E-state index in [1.807, 2.05) is 60.7 Å². The molecule has 0 aliphatic heterocycles. The average molecular weight is 305 g/mol. The molecule has 4 nitrogen and oxygen atoms in total. The molecule has 0 radical (unpaired) electrons. The molecule has 4 heteroatoms. The van der Waals surface area contributed by atoms with Gasteiger partial charge in [0.15, 0.2) is 5.43 Å². The van der Waals surface area contributed by atoms with Crippen LogP contribution in [0.4, 0.5) is 0 Å². The van der Waals surface area contributed by atoms with E-state index in [1.165, 1.54) is 24.0 Å². The van der Waals surface area contributed by atoms with E-state index >= 15 is 0 Å². The predicted molar refractivity (Wildman–Crippen MR) is 88.8 cm³/mol. The molecule has 0 amide bonds. The maximum Gasteiger partial charge on any atom is 0.329 e. The first-order valence-electron chi connectivity index (χ1n) is 7.21. The van der Waals surface area contributed by atoms with Gasteiger partial charge in [-0.1, -0.05) is 60.7 Å². The van der Waals surface area contributed by atoms with Gasteiger partial charge in [0.1, 0.15) is 0 Å². The van der Waals surface area contributed by atoms with Crippen LogP contribution in [0.1, 0.15) is 6.92 Å². The van der Waals surface area contributed by atoms with E-state index in [0.717, 1.165) is 11.1 Å². The van der Waals surface area contributed by atoms with E-state index in [4.69, 9.17) is 4.84 Å². The van der Waals surface area contributed by atoms with Crippen molar-refractivity contribution in [3.63, 3.8) is 0 Å². The standard InChI is InChI=1S/C19H15NO3/c1-14(21)23-20-12-17(15-8-4-2-5-9-15)19(22)18(13-20)16-10-6-3-7-11-16/h2-13H,1H3. The predicted octanol–water partition coefficient (Wildman–Crippen LogP) is 3.16. The van der Waals surface area contributed by atoms with E-state index in [0.29, 0.717) is 11.1 Å². The van der Waals surface area contributed by atoms with Crippen LogP contribution < -0.4 is 10.3 Å². The number of carbonyl (C=O) groups excluding carboxylic acids is 1. The summed E-state index contributed by atoms with van der Waals surface area (Å²) < 4.78 is 1.29. The molecule has 0 saturated heterocycles. The molecule has 1 heterocycles. The Morgan fingerprint density at radius 1 is 0.826 bits per heavy atom. The van der Waals surface area contributed by atoms with Gasteiger partial charge in [-0.2, -0.15) is 4.73 Å². The third-order valence-electron chi connectivity index (χ3n) is 3.41. The smallest absolute Gasteiger partial charge is 0.329 e. The van der Waals surface area contributed by atoms with Gasteiger partial charge in [0.2, 0.25) is 0 Å². The van der Waals surface area contributed by atoms with Crippen molar-refractivity contribution in [3.8, 4) is 22.3 Å². The van der Waals surface area contributed by atoms with E-state index in [-0.39, 0.29) is 5.43 Å². The van der Waals surface area contributed by atoms with Gasteiger partial charge in [-0.3, -0.25) is 4.79 Å². The van der Waals surface area contributed by atoms with Gasteiger partial charge >= 0.3 is 5.97 Å². The number of hydrogen-bond donors (Lipinski definition) is 0. The lowest BCUT2D eigenvalue weighted by molar-refractivity contribution is -0.141. The van der Waals surface area contributed by atoms with Crippen molar-refractivity contribution < 1.29 is 9.63 Å². The van der Waals surface area contributed by atoms with E-state index < -0.39 is 5.97 Å². The first-order valence-corrected chi connectivity index (χ1v) is 7.21. The fourth-order valence-corrected chi connectivity index (χ4v) is 2.40. The zero-order chi connectivity index (χ0) is 16.2. The monoisotopic (exact) mass is 305 g/mol. The van der Waals surface area contributed by atoms with Crippen molar-refractivity contribution in [1.82, 2.24) is 4.73 Å². The molecule has 0 fully saturated rings. The molecule has 0 unspecified atom stereocenters. The molecule has 0 saturated carbocycles. The number of pyridine rings is 1. The maximum atomic E-state index is 12.9. The van der Waals surface area contributed by atoms with Crippen LogP contribution in [-0.4, -0.2) is 10.7 Å². The van der Waals surface area contributed by atoms with Gasteiger partial charge in [0.05, 0.1) is 12.4 Å². The molecule has 0 aliphatic carbocycles. The summed E-state index contributed by atoms with van der Waals surface area (Å²) in [6.07, 6.45) is 3.07. The average Bonchev–Trinajstić information content (AvgIpc) is 2.57. The summed E-state index contributed by atoms with van der Waals surface area (Å²) in [5, 5.41) is 0. The van der Waals surface area contributed by atoms with Crippen LogP contribution in [0.25, 0.3) is 22.3 Å². The van der Waals surface area contributed by atoms with Crippen LogP contribution in [0.3, 0.4) is 0 Å². The molecule has 1 aromatic heterocycles. The van der Waals surface area contributed by atoms with Crippen molar-refractivity contribution in [3.05, 3.63) is 83.3 Å². The van der Waals surface area contributed by atoms with Crippen LogP contribution in [0.2, 0.25) is 0 Å². The fraction of sp³-hybridized carbons (Fsp3) is 0.0526. The second kappa shape index (κ2) is 6.32. The van der Waals surface area contributed by atoms with Gasteiger partial charge in [-0.25, -0.2) is 4.79 Å². The van der Waals surface area contributed by atoms with Crippen LogP contribution in [-0.2, 0) is 4.79 Å².